The molecule has 6 heteroatoms. The van der Waals surface area contributed by atoms with Gasteiger partial charge in [0, 0.05) is 37.1 Å². The van der Waals surface area contributed by atoms with Crippen molar-refractivity contribution in [2.45, 2.75) is 18.9 Å². The van der Waals surface area contributed by atoms with Crippen LogP contribution in [0.2, 0.25) is 10.0 Å². The number of nitrogens with zero attached hydrogens (tertiary/aromatic N) is 1. The molecule has 4 nitrogen and oxygen atoms in total. The van der Waals surface area contributed by atoms with Crippen LogP contribution in [0.5, 0.6) is 0 Å². The van der Waals surface area contributed by atoms with Crippen LogP contribution in [0.15, 0.2) is 42.5 Å². The Labute approximate surface area is 157 Å². The maximum absolute atomic E-state index is 12.3. The molecule has 1 heterocycles. The largest absolute Gasteiger partial charge is 0.380 e. The first-order chi connectivity index (χ1) is 12.1. The second-order valence-electron chi connectivity index (χ2n) is 6.08. The molecular formula is C19H20Cl2N2O2. The number of piperidine rings is 1. The summed E-state index contributed by atoms with van der Waals surface area (Å²) < 4.78 is 5.47. The topological polar surface area (TPSA) is 41.6 Å². The van der Waals surface area contributed by atoms with Crippen molar-refractivity contribution in [1.82, 2.24) is 0 Å². The number of carbonyl (C=O) groups is 1. The zero-order valence-electron chi connectivity index (χ0n) is 14.0. The molecule has 0 aliphatic carbocycles. The van der Waals surface area contributed by atoms with Gasteiger partial charge >= 0.3 is 0 Å². The lowest BCUT2D eigenvalue weighted by Gasteiger charge is -2.33. The summed E-state index contributed by atoms with van der Waals surface area (Å²) in [5, 5.41) is 3.66. The Hall–Kier alpha value is -1.75. The van der Waals surface area contributed by atoms with Crippen LogP contribution >= 0.6 is 23.2 Å². The average molecular weight is 379 g/mol. The van der Waals surface area contributed by atoms with E-state index in [1.165, 1.54) is 0 Å². The van der Waals surface area contributed by atoms with Crippen molar-refractivity contribution in [2.75, 3.05) is 30.4 Å². The van der Waals surface area contributed by atoms with Crippen molar-refractivity contribution in [3.63, 3.8) is 0 Å². The van der Waals surface area contributed by atoms with Crippen molar-refractivity contribution in [1.29, 1.82) is 0 Å². The lowest BCUT2D eigenvalue weighted by atomic mass is 10.1. The smallest absolute Gasteiger partial charge is 0.255 e. The van der Waals surface area contributed by atoms with Crippen LogP contribution in [-0.2, 0) is 4.74 Å². The van der Waals surface area contributed by atoms with E-state index >= 15 is 0 Å². The molecule has 2 aromatic rings. The fraction of sp³-hybridized carbons (Fsp3) is 0.316. The molecule has 1 atom stereocenters. The molecule has 1 N–H and O–H groups in total. The number of carbonyl (C=O) groups excluding carboxylic acids is 1. The van der Waals surface area contributed by atoms with Crippen LogP contribution < -0.4 is 10.2 Å². The number of methoxy groups -OCH3 is 1. The van der Waals surface area contributed by atoms with Gasteiger partial charge in [0.25, 0.3) is 5.91 Å². The van der Waals surface area contributed by atoms with Gasteiger partial charge in [-0.1, -0.05) is 23.2 Å². The minimum absolute atomic E-state index is 0.219. The number of nitrogens with one attached hydrogen (secondary N) is 1. The summed E-state index contributed by atoms with van der Waals surface area (Å²) >= 11 is 11.8. The fourth-order valence-electron chi connectivity index (χ4n) is 2.96. The highest BCUT2D eigenvalue weighted by molar-refractivity contribution is 6.42. The molecule has 0 unspecified atom stereocenters. The monoisotopic (exact) mass is 378 g/mol. The summed E-state index contributed by atoms with van der Waals surface area (Å²) in [7, 11) is 1.76. The van der Waals surface area contributed by atoms with Crippen LogP contribution in [0.25, 0.3) is 0 Å². The molecule has 2 aromatic carbocycles. The SMILES string of the molecule is CO[C@@H]1CCCN(c2ccc(NC(=O)c3ccc(Cl)c(Cl)c3)cc2)C1. The Morgan fingerprint density at radius 3 is 2.60 bits per heavy atom. The molecule has 25 heavy (non-hydrogen) atoms. The number of anilines is 2. The predicted molar refractivity (Wildman–Crippen MR) is 103 cm³/mol. The van der Waals surface area contributed by atoms with Crippen LogP contribution in [0, 0.1) is 0 Å². The van der Waals surface area contributed by atoms with Crippen molar-refractivity contribution in [3.05, 3.63) is 58.1 Å². The standard InChI is InChI=1S/C19H20Cl2N2O2/c1-25-16-3-2-10-23(12-16)15-7-5-14(6-8-15)22-19(24)13-4-9-17(20)18(21)11-13/h4-9,11,16H,2-3,10,12H2,1H3,(H,22,24)/t16-/m1/s1. The average Bonchev–Trinajstić information content (AvgIpc) is 2.64. The van der Waals surface area contributed by atoms with E-state index in [-0.39, 0.29) is 12.0 Å². The molecule has 3 rings (SSSR count). The normalized spacial score (nSPS) is 17.4. The van der Waals surface area contributed by atoms with Crippen LogP contribution in [-0.4, -0.2) is 32.2 Å². The maximum atomic E-state index is 12.3. The van der Waals surface area contributed by atoms with E-state index in [1.54, 1.807) is 25.3 Å². The molecule has 1 amide bonds. The van der Waals surface area contributed by atoms with Gasteiger partial charge in [0.2, 0.25) is 0 Å². The summed E-state index contributed by atoms with van der Waals surface area (Å²) in [5.74, 6) is -0.219. The Morgan fingerprint density at radius 1 is 1.16 bits per heavy atom. The lowest BCUT2D eigenvalue weighted by molar-refractivity contribution is 0.0893. The maximum Gasteiger partial charge on any atom is 0.255 e. The predicted octanol–water partition coefficient (Wildman–Crippen LogP) is 4.86. The third-order valence-corrected chi connectivity index (χ3v) is 5.12. The van der Waals surface area contributed by atoms with Crippen molar-refractivity contribution >= 4 is 40.5 Å². The first-order valence-corrected chi connectivity index (χ1v) is 8.96. The van der Waals surface area contributed by atoms with Gasteiger partial charge in [-0.3, -0.25) is 4.79 Å². The van der Waals surface area contributed by atoms with Crippen LogP contribution in [0.3, 0.4) is 0 Å². The third-order valence-electron chi connectivity index (χ3n) is 4.38. The molecule has 132 valence electrons. The minimum atomic E-state index is -0.219. The Balaban J connectivity index is 1.66. The van der Waals surface area contributed by atoms with E-state index in [9.17, 15) is 4.79 Å². The molecule has 0 aromatic heterocycles. The van der Waals surface area contributed by atoms with Crippen molar-refractivity contribution < 1.29 is 9.53 Å². The van der Waals surface area contributed by atoms with E-state index < -0.39 is 0 Å². The van der Waals surface area contributed by atoms with E-state index in [0.29, 0.717) is 15.6 Å². The van der Waals surface area contributed by atoms with E-state index in [2.05, 4.69) is 10.2 Å². The summed E-state index contributed by atoms with van der Waals surface area (Å²) in [6, 6.07) is 12.7. The highest BCUT2D eigenvalue weighted by Crippen LogP contribution is 2.25. The Kier molecular flexibility index (Phi) is 5.84. The first kappa shape index (κ1) is 18.1. The van der Waals surface area contributed by atoms with E-state index in [1.807, 2.05) is 24.3 Å². The van der Waals surface area contributed by atoms with Gasteiger partial charge in [-0.2, -0.15) is 0 Å². The number of benzene rings is 2. The van der Waals surface area contributed by atoms with Gasteiger partial charge in [0.05, 0.1) is 16.1 Å². The van der Waals surface area contributed by atoms with E-state index in [4.69, 9.17) is 27.9 Å². The molecular weight excluding hydrogens is 359 g/mol. The summed E-state index contributed by atoms with van der Waals surface area (Å²) in [6.45, 7) is 1.92. The molecule has 0 radical (unpaired) electrons. The number of hydrogen-bond acceptors (Lipinski definition) is 3. The van der Waals surface area contributed by atoms with Crippen molar-refractivity contribution in [3.8, 4) is 0 Å². The molecule has 1 aliphatic rings. The summed E-state index contributed by atoms with van der Waals surface area (Å²) in [6.07, 6.45) is 2.50. The Morgan fingerprint density at radius 2 is 1.92 bits per heavy atom. The first-order valence-electron chi connectivity index (χ1n) is 8.21. The van der Waals surface area contributed by atoms with Crippen LogP contribution in [0.1, 0.15) is 23.2 Å². The zero-order chi connectivity index (χ0) is 17.8. The minimum Gasteiger partial charge on any atom is -0.380 e. The number of ether oxygens (including phenoxy) is 1. The fourth-order valence-corrected chi connectivity index (χ4v) is 3.26. The molecule has 1 aliphatic heterocycles. The molecule has 0 saturated carbocycles. The van der Waals surface area contributed by atoms with E-state index in [0.717, 1.165) is 37.3 Å². The Bertz CT molecular complexity index is 750. The number of hydrogen-bond donors (Lipinski definition) is 1. The molecule has 1 saturated heterocycles. The van der Waals surface area contributed by atoms with Gasteiger partial charge in [-0.05, 0) is 55.3 Å². The molecule has 1 fully saturated rings. The highest BCUT2D eigenvalue weighted by Gasteiger charge is 2.19. The zero-order valence-corrected chi connectivity index (χ0v) is 15.5. The van der Waals surface area contributed by atoms with Crippen molar-refractivity contribution in [2.24, 2.45) is 0 Å². The summed E-state index contributed by atoms with van der Waals surface area (Å²) in [5.41, 5.74) is 2.34. The molecule has 0 spiro atoms. The lowest BCUT2D eigenvalue weighted by Crippen LogP contribution is -2.39. The molecule has 0 bridgehead atoms. The quantitative estimate of drug-likeness (QED) is 0.825. The van der Waals surface area contributed by atoms with Gasteiger partial charge in [0.15, 0.2) is 0 Å². The van der Waals surface area contributed by atoms with Gasteiger partial charge in [-0.15, -0.1) is 0 Å². The van der Waals surface area contributed by atoms with Gasteiger partial charge in [0.1, 0.15) is 0 Å². The number of halogens is 2. The second-order valence-corrected chi connectivity index (χ2v) is 6.89. The number of amides is 1. The van der Waals surface area contributed by atoms with Crippen LogP contribution in [0.4, 0.5) is 11.4 Å². The third kappa shape index (κ3) is 4.46. The summed E-state index contributed by atoms with van der Waals surface area (Å²) in [4.78, 5) is 14.6. The highest BCUT2D eigenvalue weighted by atomic mass is 35.5. The number of rotatable bonds is 4. The van der Waals surface area contributed by atoms with Gasteiger partial charge in [-0.25, -0.2) is 0 Å². The second kappa shape index (κ2) is 8.09. The van der Waals surface area contributed by atoms with Gasteiger partial charge < -0.3 is 15.0 Å².